The Bertz CT molecular complexity index is 593. The van der Waals surface area contributed by atoms with Crippen LogP contribution in [0.1, 0.15) is 30.4 Å². The summed E-state index contributed by atoms with van der Waals surface area (Å²) >= 11 is 0. The molecule has 94 valence electrons. The lowest BCUT2D eigenvalue weighted by Gasteiger charge is -2.01. The Kier molecular flexibility index (Phi) is 3.10. The number of halogens is 1. The lowest BCUT2D eigenvalue weighted by atomic mass is 10.1. The van der Waals surface area contributed by atoms with E-state index in [2.05, 4.69) is 10.2 Å². The van der Waals surface area contributed by atoms with E-state index < -0.39 is 11.8 Å². The molecule has 0 unspecified atom stereocenters. The third-order valence-corrected chi connectivity index (χ3v) is 2.39. The number of aromatic nitrogens is 3. The predicted molar refractivity (Wildman–Crippen MR) is 62.8 cm³/mol. The largest absolute Gasteiger partial charge is 0.476 e. The van der Waals surface area contributed by atoms with E-state index in [0.717, 1.165) is 0 Å². The fourth-order valence-electron chi connectivity index (χ4n) is 1.53. The second-order valence-corrected chi connectivity index (χ2v) is 4.13. The Labute approximate surface area is 103 Å². The topological polar surface area (TPSA) is 68.0 Å². The zero-order chi connectivity index (χ0) is 13.3. The van der Waals surface area contributed by atoms with Gasteiger partial charge in [0.1, 0.15) is 11.5 Å². The monoisotopic (exact) mass is 249 g/mol. The number of benzene rings is 1. The van der Waals surface area contributed by atoms with E-state index in [1.54, 1.807) is 6.07 Å². The average molecular weight is 249 g/mol. The predicted octanol–water partition coefficient (Wildman–Crippen LogP) is 2.36. The summed E-state index contributed by atoms with van der Waals surface area (Å²) in [6, 6.07) is 5.57. The smallest absolute Gasteiger partial charge is 0.358 e. The summed E-state index contributed by atoms with van der Waals surface area (Å²) in [5, 5.41) is 17.1. The Balaban J connectivity index is 2.58. The molecule has 0 amide bonds. The minimum absolute atomic E-state index is 0.0644. The number of hydrogen-bond acceptors (Lipinski definition) is 3. The zero-order valence-corrected chi connectivity index (χ0v) is 9.96. The minimum atomic E-state index is -1.18. The van der Waals surface area contributed by atoms with Gasteiger partial charge in [-0.3, -0.25) is 0 Å². The van der Waals surface area contributed by atoms with E-state index in [1.165, 1.54) is 23.0 Å². The molecule has 0 saturated heterocycles. The first-order chi connectivity index (χ1) is 8.49. The van der Waals surface area contributed by atoms with Gasteiger partial charge in [0.25, 0.3) is 0 Å². The van der Waals surface area contributed by atoms with E-state index in [0.29, 0.717) is 5.56 Å². The van der Waals surface area contributed by atoms with E-state index >= 15 is 0 Å². The normalized spacial score (nSPS) is 10.9. The van der Waals surface area contributed by atoms with Crippen LogP contribution in [0.5, 0.6) is 0 Å². The Morgan fingerprint density at radius 1 is 1.39 bits per heavy atom. The summed E-state index contributed by atoms with van der Waals surface area (Å²) in [7, 11) is 0. The molecule has 0 fully saturated rings. The second kappa shape index (κ2) is 4.56. The van der Waals surface area contributed by atoms with E-state index in [-0.39, 0.29) is 17.4 Å². The molecule has 5 nitrogen and oxygen atoms in total. The lowest BCUT2D eigenvalue weighted by molar-refractivity contribution is 0.0690. The number of carboxylic acids is 1. The highest BCUT2D eigenvalue weighted by molar-refractivity contribution is 5.92. The first-order valence-electron chi connectivity index (χ1n) is 5.45. The van der Waals surface area contributed by atoms with Crippen molar-refractivity contribution in [3.8, 4) is 11.3 Å². The molecule has 18 heavy (non-hydrogen) atoms. The molecule has 0 aliphatic rings. The van der Waals surface area contributed by atoms with Gasteiger partial charge in [-0.05, 0) is 26.0 Å². The van der Waals surface area contributed by atoms with Gasteiger partial charge in [0.05, 0.1) is 6.04 Å². The van der Waals surface area contributed by atoms with Crippen molar-refractivity contribution >= 4 is 5.97 Å². The van der Waals surface area contributed by atoms with Crippen LogP contribution in [0.2, 0.25) is 0 Å². The van der Waals surface area contributed by atoms with Crippen molar-refractivity contribution in [3.63, 3.8) is 0 Å². The third kappa shape index (κ3) is 2.22. The van der Waals surface area contributed by atoms with Crippen molar-refractivity contribution in [2.45, 2.75) is 19.9 Å². The van der Waals surface area contributed by atoms with Gasteiger partial charge in [0.2, 0.25) is 0 Å². The summed E-state index contributed by atoms with van der Waals surface area (Å²) in [5.74, 6) is -1.62. The lowest BCUT2D eigenvalue weighted by Crippen LogP contribution is -2.06. The van der Waals surface area contributed by atoms with Gasteiger partial charge in [-0.15, -0.1) is 5.10 Å². The summed E-state index contributed by atoms with van der Waals surface area (Å²) in [6.45, 7) is 3.67. The van der Waals surface area contributed by atoms with Gasteiger partial charge in [0.15, 0.2) is 5.69 Å². The fourth-order valence-corrected chi connectivity index (χ4v) is 1.53. The van der Waals surface area contributed by atoms with Gasteiger partial charge < -0.3 is 5.11 Å². The minimum Gasteiger partial charge on any atom is -0.476 e. The summed E-state index contributed by atoms with van der Waals surface area (Å²) in [5.41, 5.74) is 0.407. The number of carboxylic acid groups (broad SMARTS) is 1. The van der Waals surface area contributed by atoms with Crippen molar-refractivity contribution in [2.24, 2.45) is 0 Å². The maximum absolute atomic E-state index is 13.1. The second-order valence-electron chi connectivity index (χ2n) is 4.13. The molecule has 1 aromatic carbocycles. The molecule has 6 heteroatoms. The van der Waals surface area contributed by atoms with Gasteiger partial charge in [-0.1, -0.05) is 12.1 Å². The van der Waals surface area contributed by atoms with Gasteiger partial charge in [0, 0.05) is 5.56 Å². The van der Waals surface area contributed by atoms with E-state index in [4.69, 9.17) is 5.11 Å². The van der Waals surface area contributed by atoms with Crippen molar-refractivity contribution in [3.05, 3.63) is 35.8 Å². The Hall–Kier alpha value is -2.24. The van der Waals surface area contributed by atoms with E-state index in [1.807, 2.05) is 13.8 Å². The third-order valence-electron chi connectivity index (χ3n) is 2.39. The van der Waals surface area contributed by atoms with Crippen molar-refractivity contribution in [1.82, 2.24) is 15.0 Å². The SMILES string of the molecule is CC(C)n1nc(C(=O)O)c(-c2cccc(F)c2)n1. The van der Waals surface area contributed by atoms with Gasteiger partial charge in [-0.2, -0.15) is 9.90 Å². The molecule has 2 aromatic rings. The highest BCUT2D eigenvalue weighted by atomic mass is 19.1. The molecule has 1 heterocycles. The van der Waals surface area contributed by atoms with Crippen molar-refractivity contribution < 1.29 is 14.3 Å². The molecular formula is C12H12FN3O2. The summed E-state index contributed by atoms with van der Waals surface area (Å²) in [4.78, 5) is 12.4. The maximum atomic E-state index is 13.1. The first kappa shape index (κ1) is 12.2. The van der Waals surface area contributed by atoms with Crippen LogP contribution in [0, 0.1) is 5.82 Å². The van der Waals surface area contributed by atoms with Crippen LogP contribution < -0.4 is 0 Å². The molecule has 0 aliphatic carbocycles. The van der Waals surface area contributed by atoms with Crippen LogP contribution >= 0.6 is 0 Å². The maximum Gasteiger partial charge on any atom is 0.358 e. The molecular weight excluding hydrogens is 237 g/mol. The van der Waals surface area contributed by atoms with Crippen LogP contribution in [0.25, 0.3) is 11.3 Å². The van der Waals surface area contributed by atoms with Crippen molar-refractivity contribution in [2.75, 3.05) is 0 Å². The molecule has 0 saturated carbocycles. The molecule has 0 bridgehead atoms. The number of hydrogen-bond donors (Lipinski definition) is 1. The van der Waals surface area contributed by atoms with Gasteiger partial charge in [-0.25, -0.2) is 9.18 Å². The number of carbonyl (C=O) groups is 1. The summed E-state index contributed by atoms with van der Waals surface area (Å²) in [6.07, 6.45) is 0. The average Bonchev–Trinajstić information content (AvgIpc) is 2.73. The number of nitrogens with zero attached hydrogens (tertiary/aromatic N) is 3. The zero-order valence-electron chi connectivity index (χ0n) is 9.96. The van der Waals surface area contributed by atoms with Crippen LogP contribution in [-0.4, -0.2) is 26.1 Å². The number of rotatable bonds is 3. The number of aromatic carboxylic acids is 1. The molecule has 0 spiro atoms. The van der Waals surface area contributed by atoms with Crippen LogP contribution in [0.3, 0.4) is 0 Å². The quantitative estimate of drug-likeness (QED) is 0.906. The Morgan fingerprint density at radius 2 is 2.11 bits per heavy atom. The van der Waals surface area contributed by atoms with Crippen LogP contribution in [0.15, 0.2) is 24.3 Å². The molecule has 1 aromatic heterocycles. The fraction of sp³-hybridized carbons (Fsp3) is 0.250. The van der Waals surface area contributed by atoms with Gasteiger partial charge >= 0.3 is 5.97 Å². The Morgan fingerprint density at radius 3 is 2.67 bits per heavy atom. The molecule has 0 aliphatic heterocycles. The standard InChI is InChI=1S/C12H12FN3O2/c1-7(2)16-14-10(11(15-16)12(17)18)8-4-3-5-9(13)6-8/h3-7H,1-2H3,(H,17,18). The summed E-state index contributed by atoms with van der Waals surface area (Å²) < 4.78 is 13.1. The molecule has 1 N–H and O–H groups in total. The van der Waals surface area contributed by atoms with Crippen LogP contribution in [-0.2, 0) is 0 Å². The molecule has 2 rings (SSSR count). The van der Waals surface area contributed by atoms with Crippen LogP contribution in [0.4, 0.5) is 4.39 Å². The highest BCUT2D eigenvalue weighted by Gasteiger charge is 2.20. The van der Waals surface area contributed by atoms with E-state index in [9.17, 15) is 9.18 Å². The first-order valence-corrected chi connectivity index (χ1v) is 5.45. The molecule has 0 radical (unpaired) electrons. The molecule has 0 atom stereocenters. The van der Waals surface area contributed by atoms with Crippen molar-refractivity contribution in [1.29, 1.82) is 0 Å². The highest BCUT2D eigenvalue weighted by Crippen LogP contribution is 2.22.